The molecule has 2 rings (SSSR count). The van der Waals surface area contributed by atoms with Gasteiger partial charge in [0, 0.05) is 19.3 Å². The summed E-state index contributed by atoms with van der Waals surface area (Å²) >= 11 is 0. The maximum atomic E-state index is 8.63. The maximum Gasteiger partial charge on any atom is 0.163 e. The molecule has 2 heterocycles. The van der Waals surface area contributed by atoms with E-state index in [4.69, 9.17) is 5.26 Å². The van der Waals surface area contributed by atoms with Crippen LogP contribution in [-0.4, -0.2) is 26.5 Å². The third-order valence-corrected chi connectivity index (χ3v) is 3.12. The Morgan fingerprint density at radius 2 is 2.11 bits per heavy atom. The molecule has 2 aromatic heterocycles. The molecular formula is C13H16N6. The maximum absolute atomic E-state index is 8.63. The minimum atomic E-state index is 0.324. The summed E-state index contributed by atoms with van der Waals surface area (Å²) in [4.78, 5) is 0. The number of hydrogen-bond acceptors (Lipinski definition) is 5. The van der Waals surface area contributed by atoms with E-state index in [2.05, 4.69) is 27.5 Å². The van der Waals surface area contributed by atoms with Crippen molar-refractivity contribution < 1.29 is 0 Å². The number of aromatic nitrogens is 4. The summed E-state index contributed by atoms with van der Waals surface area (Å²) in [6.07, 6.45) is 0.882. The van der Waals surface area contributed by atoms with Crippen LogP contribution in [0.2, 0.25) is 0 Å². The van der Waals surface area contributed by atoms with E-state index in [1.54, 1.807) is 12.1 Å². The highest BCUT2D eigenvalue weighted by Crippen LogP contribution is 2.12. The average Bonchev–Trinajstić information content (AvgIpc) is 2.66. The smallest absolute Gasteiger partial charge is 0.163 e. The van der Waals surface area contributed by atoms with Crippen LogP contribution in [-0.2, 0) is 13.5 Å². The third kappa shape index (κ3) is 2.88. The molecule has 0 radical (unpaired) electrons. The van der Waals surface area contributed by atoms with E-state index in [1.165, 1.54) is 11.3 Å². The second-order valence-corrected chi connectivity index (χ2v) is 4.37. The van der Waals surface area contributed by atoms with Crippen LogP contribution >= 0.6 is 0 Å². The van der Waals surface area contributed by atoms with Crippen LogP contribution in [0.5, 0.6) is 0 Å². The highest BCUT2D eigenvalue weighted by atomic mass is 15.3. The first-order chi connectivity index (χ1) is 9.11. The molecule has 0 spiro atoms. The molecule has 0 unspecified atom stereocenters. The van der Waals surface area contributed by atoms with Gasteiger partial charge in [0.05, 0.1) is 5.69 Å². The minimum absolute atomic E-state index is 0.324. The Hall–Kier alpha value is -2.42. The molecule has 6 nitrogen and oxygen atoms in total. The fraction of sp³-hybridized carbons (Fsp3) is 0.385. The van der Waals surface area contributed by atoms with Crippen molar-refractivity contribution in [3.8, 4) is 6.07 Å². The van der Waals surface area contributed by atoms with Crippen molar-refractivity contribution in [2.75, 3.05) is 11.9 Å². The van der Waals surface area contributed by atoms with Gasteiger partial charge in [0.2, 0.25) is 0 Å². The van der Waals surface area contributed by atoms with Crippen molar-refractivity contribution in [2.45, 2.75) is 20.3 Å². The van der Waals surface area contributed by atoms with Gasteiger partial charge in [-0.25, -0.2) is 0 Å². The molecule has 0 atom stereocenters. The summed E-state index contributed by atoms with van der Waals surface area (Å²) in [7, 11) is 1.95. The molecule has 1 N–H and O–H groups in total. The number of nitrogens with one attached hydrogen (secondary N) is 1. The third-order valence-electron chi connectivity index (χ3n) is 3.12. The van der Waals surface area contributed by atoms with Gasteiger partial charge in [-0.3, -0.25) is 4.68 Å². The van der Waals surface area contributed by atoms with E-state index in [-0.39, 0.29) is 0 Å². The fourth-order valence-corrected chi connectivity index (χ4v) is 1.98. The first kappa shape index (κ1) is 13.0. The standard InChI is InChI=1S/C13H16N6/c1-9-12(10(2)19(3)18-9)6-7-15-13-5-4-11(8-14)16-17-13/h4-5H,6-7H2,1-3H3,(H,15,17). The zero-order chi connectivity index (χ0) is 13.8. The van der Waals surface area contributed by atoms with Gasteiger partial charge in [-0.1, -0.05) is 0 Å². The quantitative estimate of drug-likeness (QED) is 0.893. The van der Waals surface area contributed by atoms with Crippen molar-refractivity contribution in [3.63, 3.8) is 0 Å². The predicted molar refractivity (Wildman–Crippen MR) is 71.6 cm³/mol. The lowest BCUT2D eigenvalue weighted by Crippen LogP contribution is -2.08. The first-order valence-corrected chi connectivity index (χ1v) is 6.08. The van der Waals surface area contributed by atoms with Gasteiger partial charge in [0.25, 0.3) is 0 Å². The Labute approximate surface area is 112 Å². The second-order valence-electron chi connectivity index (χ2n) is 4.37. The van der Waals surface area contributed by atoms with E-state index in [9.17, 15) is 0 Å². The van der Waals surface area contributed by atoms with E-state index in [0.29, 0.717) is 11.5 Å². The molecule has 0 amide bonds. The normalized spacial score (nSPS) is 10.2. The number of hydrogen-bond donors (Lipinski definition) is 1. The average molecular weight is 256 g/mol. The SMILES string of the molecule is Cc1nn(C)c(C)c1CCNc1ccc(C#N)nn1. The predicted octanol–water partition coefficient (Wildman–Crippen LogP) is 1.35. The summed E-state index contributed by atoms with van der Waals surface area (Å²) in [5.74, 6) is 0.679. The molecule has 19 heavy (non-hydrogen) atoms. The zero-order valence-electron chi connectivity index (χ0n) is 11.3. The number of nitriles is 1. The van der Waals surface area contributed by atoms with Crippen LogP contribution in [0.25, 0.3) is 0 Å². The fourth-order valence-electron chi connectivity index (χ4n) is 1.98. The lowest BCUT2D eigenvalue weighted by molar-refractivity contribution is 0.730. The lowest BCUT2D eigenvalue weighted by atomic mass is 10.1. The Kier molecular flexibility index (Phi) is 3.76. The molecule has 6 heteroatoms. The molecule has 0 fully saturated rings. The highest BCUT2D eigenvalue weighted by Gasteiger charge is 2.08. The van der Waals surface area contributed by atoms with Gasteiger partial charge in [-0.15, -0.1) is 10.2 Å². The number of rotatable bonds is 4. The highest BCUT2D eigenvalue weighted by molar-refractivity contribution is 5.36. The Morgan fingerprint density at radius 1 is 1.32 bits per heavy atom. The van der Waals surface area contributed by atoms with Gasteiger partial charge in [-0.2, -0.15) is 10.4 Å². The largest absolute Gasteiger partial charge is 0.368 e. The molecule has 0 aliphatic carbocycles. The molecule has 0 aliphatic rings. The second kappa shape index (κ2) is 5.48. The molecular weight excluding hydrogens is 240 g/mol. The number of anilines is 1. The molecule has 0 aliphatic heterocycles. The van der Waals surface area contributed by atoms with Gasteiger partial charge in [0.1, 0.15) is 11.9 Å². The van der Waals surface area contributed by atoms with Crippen molar-refractivity contribution in [3.05, 3.63) is 34.8 Å². The van der Waals surface area contributed by atoms with Crippen LogP contribution < -0.4 is 5.32 Å². The summed E-state index contributed by atoms with van der Waals surface area (Å²) in [6, 6.07) is 5.35. The van der Waals surface area contributed by atoms with Crippen molar-refractivity contribution >= 4 is 5.82 Å². The lowest BCUT2D eigenvalue weighted by Gasteiger charge is -2.05. The summed E-state index contributed by atoms with van der Waals surface area (Å²) in [5.41, 5.74) is 3.83. The summed E-state index contributed by atoms with van der Waals surface area (Å²) in [5, 5.41) is 23.9. The Bertz CT molecular complexity index is 605. The molecule has 0 saturated carbocycles. The minimum Gasteiger partial charge on any atom is -0.368 e. The summed E-state index contributed by atoms with van der Waals surface area (Å²) in [6.45, 7) is 4.84. The van der Waals surface area contributed by atoms with Gasteiger partial charge in [-0.05, 0) is 38.0 Å². The van der Waals surface area contributed by atoms with Crippen LogP contribution in [0.15, 0.2) is 12.1 Å². The van der Waals surface area contributed by atoms with Crippen LogP contribution in [0.1, 0.15) is 22.6 Å². The van der Waals surface area contributed by atoms with Crippen molar-refractivity contribution in [1.82, 2.24) is 20.0 Å². The van der Waals surface area contributed by atoms with E-state index >= 15 is 0 Å². The van der Waals surface area contributed by atoms with Crippen molar-refractivity contribution in [2.24, 2.45) is 7.05 Å². The topological polar surface area (TPSA) is 79.4 Å². The first-order valence-electron chi connectivity index (χ1n) is 6.08. The monoisotopic (exact) mass is 256 g/mol. The zero-order valence-corrected chi connectivity index (χ0v) is 11.3. The molecule has 98 valence electrons. The molecule has 2 aromatic rings. The molecule has 0 saturated heterocycles. The van der Waals surface area contributed by atoms with E-state index in [0.717, 1.165) is 18.7 Å². The van der Waals surface area contributed by atoms with Crippen LogP contribution in [0.3, 0.4) is 0 Å². The molecule has 0 bridgehead atoms. The van der Waals surface area contributed by atoms with E-state index in [1.807, 2.05) is 24.7 Å². The van der Waals surface area contributed by atoms with Crippen LogP contribution in [0, 0.1) is 25.2 Å². The number of aryl methyl sites for hydroxylation is 2. The van der Waals surface area contributed by atoms with Crippen molar-refractivity contribution in [1.29, 1.82) is 5.26 Å². The number of nitrogens with zero attached hydrogens (tertiary/aromatic N) is 5. The summed E-state index contributed by atoms with van der Waals surface area (Å²) < 4.78 is 1.90. The van der Waals surface area contributed by atoms with Crippen LogP contribution in [0.4, 0.5) is 5.82 Å². The van der Waals surface area contributed by atoms with E-state index < -0.39 is 0 Å². The van der Waals surface area contributed by atoms with Gasteiger partial charge >= 0.3 is 0 Å². The van der Waals surface area contributed by atoms with Gasteiger partial charge in [0.15, 0.2) is 5.69 Å². The molecule has 0 aromatic carbocycles. The van der Waals surface area contributed by atoms with Gasteiger partial charge < -0.3 is 5.32 Å². The Morgan fingerprint density at radius 3 is 2.63 bits per heavy atom. The Balaban J connectivity index is 1.94.